The van der Waals surface area contributed by atoms with Crippen LogP contribution in [0.1, 0.15) is 78.4 Å². The number of benzene rings is 3. The zero-order valence-electron chi connectivity index (χ0n) is 24.7. The summed E-state index contributed by atoms with van der Waals surface area (Å²) in [6, 6.07) is 28.4. The quantitative estimate of drug-likeness (QED) is 0.328. The second kappa shape index (κ2) is 16.6. The number of hydrogen-bond donors (Lipinski definition) is 0. The summed E-state index contributed by atoms with van der Waals surface area (Å²) in [7, 11) is 3.57. The molecule has 0 spiro atoms. The van der Waals surface area contributed by atoms with E-state index in [2.05, 4.69) is 54.4 Å². The number of ether oxygens (including phenoxy) is 1. The summed E-state index contributed by atoms with van der Waals surface area (Å²) in [6.45, 7) is 8.02. The van der Waals surface area contributed by atoms with Crippen LogP contribution in [0.4, 0.5) is 0 Å². The van der Waals surface area contributed by atoms with Crippen molar-refractivity contribution < 1.29 is 14.3 Å². The van der Waals surface area contributed by atoms with Crippen molar-refractivity contribution >= 4 is 11.9 Å². The van der Waals surface area contributed by atoms with Crippen LogP contribution >= 0.6 is 0 Å². The first-order chi connectivity index (χ1) is 19.5. The van der Waals surface area contributed by atoms with Crippen molar-refractivity contribution in [3.05, 3.63) is 107 Å². The molecule has 0 aromatic heterocycles. The van der Waals surface area contributed by atoms with Gasteiger partial charge in [0.25, 0.3) is 0 Å². The third-order valence-corrected chi connectivity index (χ3v) is 7.80. The van der Waals surface area contributed by atoms with Gasteiger partial charge >= 0.3 is 5.97 Å². The molecule has 0 saturated carbocycles. The number of hydrogen-bond acceptors (Lipinski definition) is 4. The van der Waals surface area contributed by atoms with Gasteiger partial charge in [-0.1, -0.05) is 92.7 Å². The van der Waals surface area contributed by atoms with Crippen LogP contribution in [0.25, 0.3) is 0 Å². The second-order valence-corrected chi connectivity index (χ2v) is 10.4. The van der Waals surface area contributed by atoms with Crippen molar-refractivity contribution in [3.8, 4) is 0 Å². The van der Waals surface area contributed by atoms with Crippen LogP contribution in [0.2, 0.25) is 0 Å². The number of methoxy groups -OCH3 is 1. The van der Waals surface area contributed by atoms with Gasteiger partial charge in [0.2, 0.25) is 5.91 Å². The lowest BCUT2D eigenvalue weighted by atomic mass is 9.90. The van der Waals surface area contributed by atoms with Gasteiger partial charge < -0.3 is 14.5 Å². The Labute approximate surface area is 241 Å². The fourth-order valence-corrected chi connectivity index (χ4v) is 5.53. The Morgan fingerprint density at radius 3 is 1.90 bits per heavy atom. The van der Waals surface area contributed by atoms with Crippen molar-refractivity contribution in [3.63, 3.8) is 0 Å². The van der Waals surface area contributed by atoms with E-state index in [0.717, 1.165) is 37.4 Å². The zero-order valence-corrected chi connectivity index (χ0v) is 24.7. The Hall–Kier alpha value is -3.44. The minimum atomic E-state index is -0.399. The minimum absolute atomic E-state index is 0.0667. The molecule has 40 heavy (non-hydrogen) atoms. The number of amides is 1. The van der Waals surface area contributed by atoms with Gasteiger partial charge in [0.05, 0.1) is 19.1 Å². The molecule has 1 atom stereocenters. The molecule has 2 fully saturated rings. The van der Waals surface area contributed by atoms with Gasteiger partial charge in [0, 0.05) is 19.0 Å². The SMILES string of the molecule is CC.CN1CCC(c2ccccc2)CC1.COC(=O)c1ccccc1CC(=O)N1CCC[C@@H](c2ccccc2)C1. The van der Waals surface area contributed by atoms with Gasteiger partial charge in [0.15, 0.2) is 0 Å². The van der Waals surface area contributed by atoms with Crippen LogP contribution < -0.4 is 0 Å². The summed E-state index contributed by atoms with van der Waals surface area (Å²) in [5.74, 6) is 0.855. The average Bonchev–Trinajstić information content (AvgIpc) is 3.03. The molecule has 3 aromatic carbocycles. The molecule has 5 heteroatoms. The molecule has 5 rings (SSSR count). The Kier molecular flexibility index (Phi) is 12.9. The predicted octanol–water partition coefficient (Wildman–Crippen LogP) is 6.94. The average molecular weight is 543 g/mol. The van der Waals surface area contributed by atoms with Crippen molar-refractivity contribution in [2.24, 2.45) is 0 Å². The molecule has 3 aromatic rings. The maximum absolute atomic E-state index is 12.8. The van der Waals surface area contributed by atoms with Crippen LogP contribution in [-0.2, 0) is 16.0 Å². The van der Waals surface area contributed by atoms with E-state index in [4.69, 9.17) is 4.74 Å². The standard InChI is InChI=1S/C21H23NO3.C12H17N.C2H6/c1-25-21(24)19-12-6-5-10-17(19)14-20(23)22-13-7-11-18(15-22)16-8-3-2-4-9-16;1-13-9-7-12(8-10-13)11-5-3-2-4-6-11;1-2/h2-6,8-10,12,18H,7,11,13-15H2,1H3;2-6,12H,7-10H2,1H3;1-2H3/t18-;;/m1../s1. The van der Waals surface area contributed by atoms with Gasteiger partial charge in [-0.3, -0.25) is 4.79 Å². The third-order valence-electron chi connectivity index (χ3n) is 7.80. The highest BCUT2D eigenvalue weighted by molar-refractivity contribution is 5.93. The van der Waals surface area contributed by atoms with E-state index >= 15 is 0 Å². The number of esters is 1. The molecule has 2 saturated heterocycles. The number of rotatable bonds is 5. The maximum Gasteiger partial charge on any atom is 0.338 e. The van der Waals surface area contributed by atoms with Crippen molar-refractivity contribution in [2.75, 3.05) is 40.3 Å². The van der Waals surface area contributed by atoms with Gasteiger partial charge in [-0.15, -0.1) is 0 Å². The van der Waals surface area contributed by atoms with Gasteiger partial charge in [-0.25, -0.2) is 4.79 Å². The first-order valence-electron chi connectivity index (χ1n) is 14.8. The van der Waals surface area contributed by atoms with Crippen LogP contribution in [0.3, 0.4) is 0 Å². The number of nitrogens with zero attached hydrogens (tertiary/aromatic N) is 2. The molecular formula is C35H46N2O3. The molecule has 0 radical (unpaired) electrons. The molecule has 1 amide bonds. The molecular weight excluding hydrogens is 496 g/mol. The van der Waals surface area contributed by atoms with Crippen LogP contribution in [0, 0.1) is 0 Å². The monoisotopic (exact) mass is 542 g/mol. The number of carbonyl (C=O) groups is 2. The highest BCUT2D eigenvalue weighted by atomic mass is 16.5. The summed E-state index contributed by atoms with van der Waals surface area (Å²) in [5, 5.41) is 0. The van der Waals surface area contributed by atoms with Crippen molar-refractivity contribution in [1.29, 1.82) is 0 Å². The van der Waals surface area contributed by atoms with E-state index in [-0.39, 0.29) is 12.3 Å². The molecule has 2 aliphatic heterocycles. The normalized spacial score (nSPS) is 17.5. The summed E-state index contributed by atoms with van der Waals surface area (Å²) in [5.41, 5.74) is 4.00. The first-order valence-corrected chi connectivity index (χ1v) is 14.8. The van der Waals surface area contributed by atoms with E-state index in [9.17, 15) is 9.59 Å². The van der Waals surface area contributed by atoms with E-state index in [1.54, 1.807) is 12.1 Å². The van der Waals surface area contributed by atoms with Crippen LogP contribution in [-0.4, -0.2) is 62.0 Å². The molecule has 0 N–H and O–H groups in total. The Bertz CT molecular complexity index is 1160. The van der Waals surface area contributed by atoms with E-state index in [1.165, 1.54) is 44.2 Å². The molecule has 0 aliphatic carbocycles. The number of piperidine rings is 2. The fraction of sp³-hybridized carbons (Fsp3) is 0.429. The topological polar surface area (TPSA) is 49.9 Å². The van der Waals surface area contributed by atoms with E-state index in [0.29, 0.717) is 11.5 Å². The van der Waals surface area contributed by atoms with Crippen molar-refractivity contribution in [2.45, 2.75) is 57.8 Å². The lowest BCUT2D eigenvalue weighted by Crippen LogP contribution is -2.40. The van der Waals surface area contributed by atoms with E-state index in [1.807, 2.05) is 49.1 Å². The molecule has 214 valence electrons. The van der Waals surface area contributed by atoms with Gasteiger partial charge in [-0.05, 0) is 74.5 Å². The van der Waals surface area contributed by atoms with Gasteiger partial charge in [-0.2, -0.15) is 0 Å². The molecule has 5 nitrogen and oxygen atoms in total. The van der Waals surface area contributed by atoms with Crippen LogP contribution in [0.5, 0.6) is 0 Å². The largest absolute Gasteiger partial charge is 0.465 e. The summed E-state index contributed by atoms with van der Waals surface area (Å²) in [4.78, 5) is 29.0. The summed E-state index contributed by atoms with van der Waals surface area (Å²) < 4.78 is 4.82. The predicted molar refractivity (Wildman–Crippen MR) is 164 cm³/mol. The lowest BCUT2D eigenvalue weighted by molar-refractivity contribution is -0.131. The second-order valence-electron chi connectivity index (χ2n) is 10.4. The first kappa shape index (κ1) is 31.1. The molecule has 0 unspecified atom stereocenters. The highest BCUT2D eigenvalue weighted by Gasteiger charge is 2.25. The Morgan fingerprint density at radius 2 is 1.30 bits per heavy atom. The Balaban J connectivity index is 0.000000246. The van der Waals surface area contributed by atoms with Gasteiger partial charge in [0.1, 0.15) is 0 Å². The smallest absolute Gasteiger partial charge is 0.338 e. The minimum Gasteiger partial charge on any atom is -0.465 e. The number of carbonyl (C=O) groups excluding carboxylic acids is 2. The Morgan fingerprint density at radius 1 is 0.750 bits per heavy atom. The van der Waals surface area contributed by atoms with Crippen molar-refractivity contribution in [1.82, 2.24) is 9.80 Å². The highest BCUT2D eigenvalue weighted by Crippen LogP contribution is 2.28. The van der Waals surface area contributed by atoms with Crippen LogP contribution in [0.15, 0.2) is 84.9 Å². The molecule has 2 aliphatic rings. The number of likely N-dealkylation sites (tertiary alicyclic amines) is 2. The molecule has 2 heterocycles. The third kappa shape index (κ3) is 9.06. The fourth-order valence-electron chi connectivity index (χ4n) is 5.53. The maximum atomic E-state index is 12.8. The van der Waals surface area contributed by atoms with E-state index < -0.39 is 5.97 Å². The lowest BCUT2D eigenvalue weighted by Gasteiger charge is -2.33. The zero-order chi connectivity index (χ0) is 28.7. The summed E-state index contributed by atoms with van der Waals surface area (Å²) >= 11 is 0. The molecule has 0 bridgehead atoms. The summed E-state index contributed by atoms with van der Waals surface area (Å²) in [6.07, 6.45) is 4.98.